The van der Waals surface area contributed by atoms with E-state index in [1.54, 1.807) is 0 Å². The molecule has 14 heavy (non-hydrogen) atoms. The van der Waals surface area contributed by atoms with Gasteiger partial charge in [0.05, 0.1) is 0 Å². The monoisotopic (exact) mass is 263 g/mol. The zero-order chi connectivity index (χ0) is 9.26. The van der Waals surface area contributed by atoms with Gasteiger partial charge in [0.2, 0.25) is 5.91 Å². The Kier molecular flexibility index (Phi) is 4.27. The van der Waals surface area contributed by atoms with E-state index in [4.69, 9.17) is 0 Å². The smallest absolute Gasteiger partial charge is 0.216 e. The number of anilines is 1. The summed E-state index contributed by atoms with van der Waals surface area (Å²) in [4.78, 5) is 13.2. The molecule has 1 aromatic carbocycles. The second kappa shape index (κ2) is 5.04. The molecule has 1 amide bonds. The van der Waals surface area contributed by atoms with E-state index in [2.05, 4.69) is 6.07 Å². The molecular weight excluding hydrogens is 251 g/mol. The first-order valence-corrected chi connectivity index (χ1v) is 4.56. The van der Waals surface area contributed by atoms with Crippen LogP contribution in [0.3, 0.4) is 0 Å². The van der Waals surface area contributed by atoms with Crippen molar-refractivity contribution in [3.63, 3.8) is 0 Å². The van der Waals surface area contributed by atoms with Gasteiger partial charge in [-0.2, -0.15) is 23.8 Å². The van der Waals surface area contributed by atoms with E-state index in [-0.39, 0.29) is 38.6 Å². The van der Waals surface area contributed by atoms with Crippen molar-refractivity contribution >= 4 is 11.6 Å². The second-order valence-corrected chi connectivity index (χ2v) is 3.38. The Labute approximate surface area is 110 Å². The molecule has 1 aliphatic heterocycles. The Morgan fingerprint density at radius 3 is 2.71 bits per heavy atom. The molecule has 1 aromatic rings. The van der Waals surface area contributed by atoms with Crippen LogP contribution in [0.1, 0.15) is 18.4 Å². The number of carbonyl (C=O) groups excluding carboxylic acids is 1. The quantitative estimate of drug-likeness (QED) is 0.709. The third-order valence-electron chi connectivity index (χ3n) is 2.34. The Morgan fingerprint density at radius 2 is 2.21 bits per heavy atom. The number of amides is 1. The molecule has 71 valence electrons. The maximum atomic E-state index is 11.4. The summed E-state index contributed by atoms with van der Waals surface area (Å²) in [5.74, 6) is 0.234. The van der Waals surface area contributed by atoms with Crippen LogP contribution in [0.25, 0.3) is 0 Å². The molecule has 0 aliphatic carbocycles. The molecule has 1 aliphatic rings. The van der Waals surface area contributed by atoms with Gasteiger partial charge in [0, 0.05) is 45.7 Å². The molecule has 3 heteroatoms. The van der Waals surface area contributed by atoms with Crippen LogP contribution < -0.4 is 4.90 Å². The minimum absolute atomic E-state index is 0. The minimum atomic E-state index is 0. The number of rotatable bonds is 1. The van der Waals surface area contributed by atoms with Crippen molar-refractivity contribution in [1.82, 2.24) is 0 Å². The average molecular weight is 263 g/mol. The summed E-state index contributed by atoms with van der Waals surface area (Å²) in [6, 6.07) is 8.96. The fourth-order valence-electron chi connectivity index (χ4n) is 1.58. The molecule has 0 aromatic heterocycles. The summed E-state index contributed by atoms with van der Waals surface area (Å²) in [6.07, 6.45) is 1.67. The number of nitrogens with zero attached hydrogens (tertiary/aromatic N) is 1. The largest absolute Gasteiger partial charge is 0.366 e. The Bertz CT molecular complexity index is 321. The number of benzene rings is 1. The van der Waals surface area contributed by atoms with Gasteiger partial charge in [0.15, 0.2) is 0 Å². The summed E-state index contributed by atoms with van der Waals surface area (Å²) in [5, 5.41) is 0. The van der Waals surface area contributed by atoms with E-state index in [0.29, 0.717) is 6.42 Å². The van der Waals surface area contributed by atoms with Crippen molar-refractivity contribution in [2.24, 2.45) is 0 Å². The van der Waals surface area contributed by atoms with Gasteiger partial charge in [-0.05, 0) is 6.42 Å². The van der Waals surface area contributed by atoms with Gasteiger partial charge in [-0.3, -0.25) is 4.79 Å². The van der Waals surface area contributed by atoms with E-state index >= 15 is 0 Å². The van der Waals surface area contributed by atoms with Crippen LogP contribution in [-0.2, 0) is 37.5 Å². The predicted molar refractivity (Wildman–Crippen MR) is 51.6 cm³/mol. The minimum Gasteiger partial charge on any atom is -0.366 e. The molecule has 1 saturated heterocycles. The summed E-state index contributed by atoms with van der Waals surface area (Å²) in [6.45, 7) is 2.85. The zero-order valence-electron chi connectivity index (χ0n) is 8.29. The van der Waals surface area contributed by atoms with Crippen molar-refractivity contribution < 1.29 is 37.5 Å². The molecule has 0 N–H and O–H groups in total. The Morgan fingerprint density at radius 1 is 1.43 bits per heavy atom. The number of carbonyl (C=O) groups is 1. The van der Waals surface area contributed by atoms with Gasteiger partial charge >= 0.3 is 0 Å². The molecule has 2 rings (SSSR count). The number of hydrogen-bond donors (Lipinski definition) is 0. The molecule has 0 unspecified atom stereocenters. The molecule has 0 bridgehead atoms. The predicted octanol–water partition coefficient (Wildman–Crippen LogP) is 1.92. The standard InChI is InChI=1S/C11H12NO.Y/c1-9-4-6-10(7-5-9)12-8-2-3-11(12)13;/h4,6-7H,2-3,8H2,1H3;/q-1;. The van der Waals surface area contributed by atoms with Crippen LogP contribution >= 0.6 is 0 Å². The second-order valence-electron chi connectivity index (χ2n) is 3.38. The van der Waals surface area contributed by atoms with Crippen molar-refractivity contribution in [3.8, 4) is 0 Å². The van der Waals surface area contributed by atoms with Crippen molar-refractivity contribution in [3.05, 3.63) is 29.8 Å². The van der Waals surface area contributed by atoms with Crippen molar-refractivity contribution in [1.29, 1.82) is 0 Å². The van der Waals surface area contributed by atoms with Gasteiger partial charge in [0.1, 0.15) is 0 Å². The van der Waals surface area contributed by atoms with Gasteiger partial charge in [-0.25, -0.2) is 0 Å². The van der Waals surface area contributed by atoms with E-state index in [9.17, 15) is 4.79 Å². The maximum Gasteiger partial charge on any atom is 0.216 e. The number of aryl methyl sites for hydroxylation is 1. The van der Waals surface area contributed by atoms with Crippen molar-refractivity contribution in [2.45, 2.75) is 19.8 Å². The molecule has 0 spiro atoms. The average Bonchev–Trinajstić information content (AvgIpc) is 2.53. The molecule has 0 atom stereocenters. The third kappa shape index (κ3) is 2.43. The third-order valence-corrected chi connectivity index (χ3v) is 2.34. The maximum absolute atomic E-state index is 11.4. The van der Waals surface area contributed by atoms with Crippen LogP contribution in [0.4, 0.5) is 5.69 Å². The van der Waals surface area contributed by atoms with E-state index in [1.807, 2.05) is 30.0 Å². The van der Waals surface area contributed by atoms with Crippen LogP contribution in [0.15, 0.2) is 18.2 Å². The fourth-order valence-corrected chi connectivity index (χ4v) is 1.58. The van der Waals surface area contributed by atoms with Crippen LogP contribution in [-0.4, -0.2) is 12.5 Å². The van der Waals surface area contributed by atoms with E-state index in [0.717, 1.165) is 24.2 Å². The fraction of sp³-hybridized carbons (Fsp3) is 0.364. The normalized spacial score (nSPS) is 15.5. The van der Waals surface area contributed by atoms with Gasteiger partial charge in [0.25, 0.3) is 0 Å². The molecule has 1 fully saturated rings. The molecule has 0 saturated carbocycles. The van der Waals surface area contributed by atoms with Gasteiger partial charge < -0.3 is 4.90 Å². The van der Waals surface area contributed by atoms with Gasteiger partial charge in [-0.15, -0.1) is 6.07 Å². The SMILES string of the molecule is Cc1[c-]cc(N2CCCC2=O)cc1.[Y]. The zero-order valence-corrected chi connectivity index (χ0v) is 11.1. The van der Waals surface area contributed by atoms with Crippen LogP contribution in [0.5, 0.6) is 0 Å². The topological polar surface area (TPSA) is 20.3 Å². The molecule has 2 nitrogen and oxygen atoms in total. The van der Waals surface area contributed by atoms with Gasteiger partial charge in [-0.1, -0.05) is 12.6 Å². The summed E-state index contributed by atoms with van der Waals surface area (Å²) in [5.41, 5.74) is 2.09. The first kappa shape index (κ1) is 11.9. The van der Waals surface area contributed by atoms with Crippen LogP contribution in [0, 0.1) is 13.0 Å². The molecule has 1 radical (unpaired) electrons. The van der Waals surface area contributed by atoms with E-state index in [1.165, 1.54) is 0 Å². The summed E-state index contributed by atoms with van der Waals surface area (Å²) < 4.78 is 0. The Balaban J connectivity index is 0.000000980. The first-order chi connectivity index (χ1) is 6.27. The number of hydrogen-bond acceptors (Lipinski definition) is 1. The summed E-state index contributed by atoms with van der Waals surface area (Å²) in [7, 11) is 0. The molecular formula is C11H12NOY-. The molecule has 1 heterocycles. The Hall–Kier alpha value is -0.206. The first-order valence-electron chi connectivity index (χ1n) is 4.56. The summed E-state index contributed by atoms with van der Waals surface area (Å²) >= 11 is 0. The van der Waals surface area contributed by atoms with Crippen molar-refractivity contribution in [2.75, 3.05) is 11.4 Å². The van der Waals surface area contributed by atoms with E-state index < -0.39 is 0 Å². The van der Waals surface area contributed by atoms with Crippen LogP contribution in [0.2, 0.25) is 0 Å².